The summed E-state index contributed by atoms with van der Waals surface area (Å²) in [6.45, 7) is 3.61. The molecule has 2 heterocycles. The van der Waals surface area contributed by atoms with E-state index in [0.717, 1.165) is 18.8 Å². The number of aromatic nitrogens is 3. The van der Waals surface area contributed by atoms with Crippen molar-refractivity contribution in [2.75, 3.05) is 0 Å². The average Bonchev–Trinajstić information content (AvgIpc) is 2.33. The normalized spacial score (nSPS) is 10.3. The zero-order valence-electron chi connectivity index (χ0n) is 9.22. The zero-order chi connectivity index (χ0) is 11.2. The molecule has 0 aliphatic carbocycles. The van der Waals surface area contributed by atoms with E-state index in [0.29, 0.717) is 0 Å². The fourth-order valence-electron chi connectivity index (χ4n) is 1.43. The lowest BCUT2D eigenvalue weighted by Gasteiger charge is -2.06. The minimum absolute atomic E-state index is 0.724. The van der Waals surface area contributed by atoms with Gasteiger partial charge in [0.15, 0.2) is 0 Å². The highest BCUT2D eigenvalue weighted by Crippen LogP contribution is 2.04. The average molecular weight is 214 g/mol. The summed E-state index contributed by atoms with van der Waals surface area (Å²) in [5.74, 6) is 0. The quantitative estimate of drug-likeness (QED) is 0.837. The van der Waals surface area contributed by atoms with Crippen LogP contribution in [0.2, 0.25) is 0 Å². The molecule has 2 aromatic heterocycles. The van der Waals surface area contributed by atoms with Crippen LogP contribution in [-0.2, 0) is 13.1 Å². The topological polar surface area (TPSA) is 50.7 Å². The van der Waals surface area contributed by atoms with Gasteiger partial charge in [0.05, 0.1) is 5.69 Å². The second kappa shape index (κ2) is 5.32. The van der Waals surface area contributed by atoms with Crippen molar-refractivity contribution in [3.8, 4) is 0 Å². The number of rotatable bonds is 4. The Morgan fingerprint density at radius 3 is 2.69 bits per heavy atom. The first-order valence-corrected chi connectivity index (χ1v) is 5.21. The first kappa shape index (κ1) is 10.7. The fraction of sp³-hybridized carbons (Fsp3) is 0.250. The summed E-state index contributed by atoms with van der Waals surface area (Å²) >= 11 is 0. The molecule has 1 N–H and O–H groups in total. The van der Waals surface area contributed by atoms with Gasteiger partial charge < -0.3 is 5.32 Å². The molecule has 0 atom stereocenters. The number of nitrogens with zero attached hydrogens (tertiary/aromatic N) is 3. The first-order chi connectivity index (χ1) is 7.86. The molecular weight excluding hydrogens is 200 g/mol. The Kier molecular flexibility index (Phi) is 3.56. The van der Waals surface area contributed by atoms with Crippen LogP contribution in [0.5, 0.6) is 0 Å². The van der Waals surface area contributed by atoms with E-state index in [-0.39, 0.29) is 0 Å². The lowest BCUT2D eigenvalue weighted by Crippen LogP contribution is -2.14. The Morgan fingerprint density at radius 1 is 1.06 bits per heavy atom. The molecule has 0 aliphatic heterocycles. The summed E-state index contributed by atoms with van der Waals surface area (Å²) in [4.78, 5) is 12.3. The van der Waals surface area contributed by atoms with Crippen molar-refractivity contribution >= 4 is 0 Å². The van der Waals surface area contributed by atoms with Gasteiger partial charge in [-0.1, -0.05) is 0 Å². The Balaban J connectivity index is 1.87. The van der Waals surface area contributed by atoms with Gasteiger partial charge >= 0.3 is 0 Å². The minimum atomic E-state index is 0.724. The van der Waals surface area contributed by atoms with Crippen LogP contribution in [0.15, 0.2) is 37.1 Å². The van der Waals surface area contributed by atoms with Gasteiger partial charge in [-0.25, -0.2) is 0 Å². The van der Waals surface area contributed by atoms with Crippen molar-refractivity contribution in [2.24, 2.45) is 0 Å². The molecule has 4 nitrogen and oxygen atoms in total. The van der Waals surface area contributed by atoms with E-state index < -0.39 is 0 Å². The largest absolute Gasteiger partial charge is 0.307 e. The van der Waals surface area contributed by atoms with Crippen molar-refractivity contribution in [1.82, 2.24) is 20.3 Å². The SMILES string of the molecule is Cc1ccncc1CNCc1cnccn1. The number of hydrogen-bond acceptors (Lipinski definition) is 4. The van der Waals surface area contributed by atoms with Crippen molar-refractivity contribution in [3.63, 3.8) is 0 Å². The zero-order valence-corrected chi connectivity index (χ0v) is 9.22. The first-order valence-electron chi connectivity index (χ1n) is 5.21. The van der Waals surface area contributed by atoms with E-state index in [4.69, 9.17) is 0 Å². The van der Waals surface area contributed by atoms with Gasteiger partial charge in [0.2, 0.25) is 0 Å². The van der Waals surface area contributed by atoms with Gasteiger partial charge in [-0.05, 0) is 24.1 Å². The number of pyridine rings is 1. The smallest absolute Gasteiger partial charge is 0.0724 e. The molecule has 0 amide bonds. The molecule has 16 heavy (non-hydrogen) atoms. The van der Waals surface area contributed by atoms with Crippen molar-refractivity contribution in [1.29, 1.82) is 0 Å². The van der Waals surface area contributed by atoms with E-state index in [1.807, 2.05) is 18.5 Å². The molecule has 0 fully saturated rings. The Morgan fingerprint density at radius 2 is 1.94 bits per heavy atom. The molecule has 4 heteroatoms. The Bertz CT molecular complexity index is 442. The molecule has 0 saturated heterocycles. The third-order valence-electron chi connectivity index (χ3n) is 2.39. The summed E-state index contributed by atoms with van der Waals surface area (Å²) in [7, 11) is 0. The van der Waals surface area contributed by atoms with Gasteiger partial charge in [-0.15, -0.1) is 0 Å². The van der Waals surface area contributed by atoms with E-state index >= 15 is 0 Å². The molecule has 2 aromatic rings. The maximum absolute atomic E-state index is 4.19. The van der Waals surface area contributed by atoms with Crippen LogP contribution >= 0.6 is 0 Å². The Labute approximate surface area is 94.8 Å². The summed E-state index contributed by atoms with van der Waals surface area (Å²) in [5.41, 5.74) is 3.41. The second-order valence-electron chi connectivity index (χ2n) is 3.60. The van der Waals surface area contributed by atoms with Crippen LogP contribution in [0.25, 0.3) is 0 Å². The van der Waals surface area contributed by atoms with Gasteiger partial charge in [-0.3, -0.25) is 15.0 Å². The maximum Gasteiger partial charge on any atom is 0.0724 e. The number of aryl methyl sites for hydroxylation is 1. The monoisotopic (exact) mass is 214 g/mol. The third kappa shape index (κ3) is 2.84. The molecule has 0 spiro atoms. The number of hydrogen-bond donors (Lipinski definition) is 1. The van der Waals surface area contributed by atoms with Crippen LogP contribution in [0.1, 0.15) is 16.8 Å². The molecule has 0 bridgehead atoms. The lowest BCUT2D eigenvalue weighted by molar-refractivity contribution is 0.672. The molecular formula is C12H14N4. The van der Waals surface area contributed by atoms with E-state index in [1.54, 1.807) is 18.6 Å². The highest BCUT2D eigenvalue weighted by Gasteiger charge is 1.98. The van der Waals surface area contributed by atoms with Crippen LogP contribution < -0.4 is 5.32 Å². The minimum Gasteiger partial charge on any atom is -0.307 e. The van der Waals surface area contributed by atoms with Crippen molar-refractivity contribution in [3.05, 3.63) is 53.9 Å². The molecule has 0 aromatic carbocycles. The molecule has 0 aliphatic rings. The van der Waals surface area contributed by atoms with Gasteiger partial charge in [-0.2, -0.15) is 0 Å². The highest BCUT2D eigenvalue weighted by molar-refractivity contribution is 5.21. The van der Waals surface area contributed by atoms with E-state index in [9.17, 15) is 0 Å². The van der Waals surface area contributed by atoms with Crippen LogP contribution in [0.3, 0.4) is 0 Å². The van der Waals surface area contributed by atoms with Crippen molar-refractivity contribution < 1.29 is 0 Å². The van der Waals surface area contributed by atoms with Crippen molar-refractivity contribution in [2.45, 2.75) is 20.0 Å². The summed E-state index contributed by atoms with van der Waals surface area (Å²) in [6.07, 6.45) is 8.84. The van der Waals surface area contributed by atoms with E-state index in [1.165, 1.54) is 11.1 Å². The summed E-state index contributed by atoms with van der Waals surface area (Å²) in [6, 6.07) is 2.01. The lowest BCUT2D eigenvalue weighted by atomic mass is 10.1. The summed E-state index contributed by atoms with van der Waals surface area (Å²) < 4.78 is 0. The fourth-order valence-corrected chi connectivity index (χ4v) is 1.43. The van der Waals surface area contributed by atoms with Gasteiger partial charge in [0.1, 0.15) is 0 Å². The maximum atomic E-state index is 4.19. The molecule has 0 unspecified atom stereocenters. The third-order valence-corrected chi connectivity index (χ3v) is 2.39. The standard InChI is InChI=1S/C12H14N4/c1-10-2-3-13-6-11(10)7-15-9-12-8-14-4-5-16-12/h2-6,8,15H,7,9H2,1H3. The van der Waals surface area contributed by atoms with Crippen LogP contribution in [0.4, 0.5) is 0 Å². The molecule has 0 radical (unpaired) electrons. The number of nitrogens with one attached hydrogen (secondary N) is 1. The van der Waals surface area contributed by atoms with Gasteiger partial charge in [0.25, 0.3) is 0 Å². The second-order valence-corrected chi connectivity index (χ2v) is 3.60. The predicted octanol–water partition coefficient (Wildman–Crippen LogP) is 1.47. The highest BCUT2D eigenvalue weighted by atomic mass is 14.9. The van der Waals surface area contributed by atoms with E-state index in [2.05, 4.69) is 27.2 Å². The van der Waals surface area contributed by atoms with Crippen LogP contribution in [0, 0.1) is 6.92 Å². The Hall–Kier alpha value is -1.81. The van der Waals surface area contributed by atoms with Gasteiger partial charge in [0, 0.05) is 44.1 Å². The molecule has 0 saturated carbocycles. The molecule has 2 rings (SSSR count). The molecule has 82 valence electrons. The predicted molar refractivity (Wildman–Crippen MR) is 61.5 cm³/mol. The summed E-state index contributed by atoms with van der Waals surface area (Å²) in [5, 5.41) is 3.32. The van der Waals surface area contributed by atoms with Crippen LogP contribution in [-0.4, -0.2) is 15.0 Å².